The van der Waals surface area contributed by atoms with Gasteiger partial charge in [-0.05, 0) is 36.3 Å². The summed E-state index contributed by atoms with van der Waals surface area (Å²) in [6.45, 7) is 3.84. The summed E-state index contributed by atoms with van der Waals surface area (Å²) in [7, 11) is 1.65. The highest BCUT2D eigenvalue weighted by atomic mass is 16.5. The molecule has 1 unspecified atom stereocenters. The Balaban J connectivity index is 1.72. The number of rotatable bonds is 4. The number of benzene rings is 2. The summed E-state index contributed by atoms with van der Waals surface area (Å²) in [5.74, 6) is 2.07. The van der Waals surface area contributed by atoms with Crippen molar-refractivity contribution in [2.24, 2.45) is 5.92 Å². The second kappa shape index (κ2) is 7.89. The number of nitrogens with zero attached hydrogens (tertiary/aromatic N) is 2. The first-order valence-corrected chi connectivity index (χ1v) is 9.74. The van der Waals surface area contributed by atoms with Crippen molar-refractivity contribution in [3.63, 3.8) is 0 Å². The van der Waals surface area contributed by atoms with Crippen LogP contribution >= 0.6 is 0 Å². The fourth-order valence-corrected chi connectivity index (χ4v) is 3.88. The summed E-state index contributed by atoms with van der Waals surface area (Å²) in [4.78, 5) is 19.7. The number of amides is 1. The van der Waals surface area contributed by atoms with Gasteiger partial charge in [0, 0.05) is 24.7 Å². The number of anilines is 2. The number of carbonyl (C=O) groups is 1. The predicted molar refractivity (Wildman–Crippen MR) is 112 cm³/mol. The minimum atomic E-state index is 0.0686. The van der Waals surface area contributed by atoms with Gasteiger partial charge in [-0.1, -0.05) is 43.3 Å². The van der Waals surface area contributed by atoms with E-state index in [9.17, 15) is 4.79 Å². The lowest BCUT2D eigenvalue weighted by atomic mass is 9.98. The highest BCUT2D eigenvalue weighted by Gasteiger charge is 2.24. The van der Waals surface area contributed by atoms with Crippen LogP contribution in [0.2, 0.25) is 0 Å². The van der Waals surface area contributed by atoms with Crippen LogP contribution in [-0.4, -0.2) is 36.0 Å². The zero-order chi connectivity index (χ0) is 19.5. The molecule has 0 bridgehead atoms. The number of piperidine rings is 1. The van der Waals surface area contributed by atoms with Crippen molar-refractivity contribution >= 4 is 28.2 Å². The molecule has 0 saturated carbocycles. The number of carbonyl (C=O) groups excluding carboxylic acids is 1. The molecule has 2 aromatic carbocycles. The van der Waals surface area contributed by atoms with Crippen molar-refractivity contribution in [1.82, 2.24) is 9.88 Å². The Morgan fingerprint density at radius 2 is 1.89 bits per heavy atom. The van der Waals surface area contributed by atoms with Gasteiger partial charge in [-0.25, -0.2) is 4.98 Å². The van der Waals surface area contributed by atoms with E-state index in [0.717, 1.165) is 41.7 Å². The number of pyridine rings is 1. The highest BCUT2D eigenvalue weighted by molar-refractivity contribution is 6.09. The Hall–Kier alpha value is -3.08. The molecule has 1 aromatic heterocycles. The van der Waals surface area contributed by atoms with Crippen LogP contribution in [0.5, 0.6) is 5.75 Å². The van der Waals surface area contributed by atoms with Crippen LogP contribution < -0.4 is 10.1 Å². The Bertz CT molecular complexity index is 1000. The maximum atomic E-state index is 13.2. The summed E-state index contributed by atoms with van der Waals surface area (Å²) >= 11 is 0. The second-order valence-corrected chi connectivity index (χ2v) is 7.39. The highest BCUT2D eigenvalue weighted by Crippen LogP contribution is 2.32. The van der Waals surface area contributed by atoms with Gasteiger partial charge in [0.05, 0.1) is 18.4 Å². The van der Waals surface area contributed by atoms with Crippen molar-refractivity contribution in [2.45, 2.75) is 19.8 Å². The lowest BCUT2D eigenvalue weighted by Crippen LogP contribution is -2.39. The van der Waals surface area contributed by atoms with Crippen LogP contribution in [0, 0.1) is 5.92 Å². The van der Waals surface area contributed by atoms with E-state index in [1.54, 1.807) is 13.3 Å². The van der Waals surface area contributed by atoms with Crippen molar-refractivity contribution < 1.29 is 9.53 Å². The topological polar surface area (TPSA) is 54.5 Å². The first-order chi connectivity index (χ1) is 13.7. The minimum Gasteiger partial charge on any atom is -0.495 e. The Labute approximate surface area is 165 Å². The molecule has 0 radical (unpaired) electrons. The molecule has 1 aliphatic rings. The monoisotopic (exact) mass is 375 g/mol. The molecule has 1 fully saturated rings. The normalized spacial score (nSPS) is 16.8. The largest absolute Gasteiger partial charge is 0.495 e. The van der Waals surface area contributed by atoms with Gasteiger partial charge in [-0.15, -0.1) is 0 Å². The van der Waals surface area contributed by atoms with Gasteiger partial charge in [-0.3, -0.25) is 4.79 Å². The molecule has 2 heterocycles. The van der Waals surface area contributed by atoms with E-state index in [0.29, 0.717) is 17.3 Å². The number of aromatic nitrogens is 1. The molecule has 5 nitrogen and oxygen atoms in total. The van der Waals surface area contributed by atoms with Crippen molar-refractivity contribution in [3.8, 4) is 5.75 Å². The Morgan fingerprint density at radius 3 is 2.68 bits per heavy atom. The van der Waals surface area contributed by atoms with Crippen LogP contribution in [0.3, 0.4) is 0 Å². The number of hydrogen-bond acceptors (Lipinski definition) is 4. The van der Waals surface area contributed by atoms with E-state index in [4.69, 9.17) is 4.74 Å². The number of para-hydroxylation sites is 2. The van der Waals surface area contributed by atoms with Gasteiger partial charge in [0.25, 0.3) is 5.91 Å². The summed E-state index contributed by atoms with van der Waals surface area (Å²) in [5, 5.41) is 5.19. The van der Waals surface area contributed by atoms with Crippen LogP contribution in [0.15, 0.2) is 54.7 Å². The maximum Gasteiger partial charge on any atom is 0.256 e. The molecule has 28 heavy (non-hydrogen) atoms. The summed E-state index contributed by atoms with van der Waals surface area (Å²) < 4.78 is 5.43. The average molecular weight is 375 g/mol. The smallest absolute Gasteiger partial charge is 0.256 e. The van der Waals surface area contributed by atoms with Crippen LogP contribution in [-0.2, 0) is 0 Å². The molecule has 1 atom stereocenters. The maximum absolute atomic E-state index is 13.2. The van der Waals surface area contributed by atoms with E-state index >= 15 is 0 Å². The van der Waals surface area contributed by atoms with E-state index in [1.165, 1.54) is 6.42 Å². The molecule has 1 saturated heterocycles. The van der Waals surface area contributed by atoms with E-state index in [2.05, 4.69) is 17.2 Å². The second-order valence-electron chi connectivity index (χ2n) is 7.39. The predicted octanol–water partition coefficient (Wildman–Crippen LogP) is 4.86. The summed E-state index contributed by atoms with van der Waals surface area (Å²) in [6, 6.07) is 15.6. The number of nitrogens with one attached hydrogen (secondary N) is 1. The molecule has 5 heteroatoms. The van der Waals surface area contributed by atoms with E-state index in [-0.39, 0.29) is 5.91 Å². The van der Waals surface area contributed by atoms with Crippen LogP contribution in [0.4, 0.5) is 11.5 Å². The molecule has 1 aliphatic heterocycles. The lowest BCUT2D eigenvalue weighted by molar-refractivity contribution is 0.0684. The van der Waals surface area contributed by atoms with Gasteiger partial charge in [0.15, 0.2) is 0 Å². The number of likely N-dealkylation sites (tertiary alicyclic amines) is 1. The molecule has 0 aliphatic carbocycles. The molecular weight excluding hydrogens is 350 g/mol. The van der Waals surface area contributed by atoms with Gasteiger partial charge in [0.2, 0.25) is 0 Å². The van der Waals surface area contributed by atoms with E-state index in [1.807, 2.05) is 53.4 Å². The molecule has 4 rings (SSSR count). The number of hydrogen-bond donors (Lipinski definition) is 1. The third kappa shape index (κ3) is 3.52. The summed E-state index contributed by atoms with van der Waals surface area (Å²) in [6.07, 6.45) is 3.94. The third-order valence-electron chi connectivity index (χ3n) is 5.33. The van der Waals surface area contributed by atoms with Gasteiger partial charge in [0.1, 0.15) is 11.6 Å². The molecular formula is C23H25N3O2. The van der Waals surface area contributed by atoms with E-state index < -0.39 is 0 Å². The van der Waals surface area contributed by atoms with Gasteiger partial charge in [-0.2, -0.15) is 0 Å². The lowest BCUT2D eigenvalue weighted by Gasteiger charge is -2.31. The molecule has 1 N–H and O–H groups in total. The Kier molecular flexibility index (Phi) is 5.15. The van der Waals surface area contributed by atoms with Crippen molar-refractivity contribution in [2.75, 3.05) is 25.5 Å². The zero-order valence-corrected chi connectivity index (χ0v) is 16.3. The first-order valence-electron chi connectivity index (χ1n) is 9.74. The molecule has 3 aromatic rings. The number of ether oxygens (including phenoxy) is 1. The van der Waals surface area contributed by atoms with Gasteiger partial charge >= 0.3 is 0 Å². The van der Waals surface area contributed by atoms with Crippen molar-refractivity contribution in [3.05, 3.63) is 60.3 Å². The molecule has 0 spiro atoms. The number of methoxy groups -OCH3 is 1. The van der Waals surface area contributed by atoms with Gasteiger partial charge < -0.3 is 15.0 Å². The SMILES string of the molecule is COc1ccccc1Nc1ncc(C(=O)N2CCCC(C)C2)c2ccccc12. The third-order valence-corrected chi connectivity index (χ3v) is 5.33. The fraction of sp³-hybridized carbons (Fsp3) is 0.304. The fourth-order valence-electron chi connectivity index (χ4n) is 3.88. The summed E-state index contributed by atoms with van der Waals surface area (Å²) in [5.41, 5.74) is 1.50. The molecule has 1 amide bonds. The zero-order valence-electron chi connectivity index (χ0n) is 16.3. The van der Waals surface area contributed by atoms with Crippen LogP contribution in [0.25, 0.3) is 10.8 Å². The van der Waals surface area contributed by atoms with Crippen LogP contribution in [0.1, 0.15) is 30.1 Å². The first kappa shape index (κ1) is 18.3. The van der Waals surface area contributed by atoms with Crippen molar-refractivity contribution in [1.29, 1.82) is 0 Å². The quantitative estimate of drug-likeness (QED) is 0.708. The average Bonchev–Trinajstić information content (AvgIpc) is 2.74. The standard InChI is InChI=1S/C23H25N3O2/c1-16-8-7-13-26(15-16)23(27)19-14-24-22(18-10-4-3-9-17(18)19)25-20-11-5-6-12-21(20)28-2/h3-6,9-12,14,16H,7-8,13,15H2,1-2H3,(H,24,25). The Morgan fingerprint density at radius 1 is 1.14 bits per heavy atom. The minimum absolute atomic E-state index is 0.0686. The number of fused-ring (bicyclic) bond motifs is 1. The molecule has 144 valence electrons.